The molecular formula is C37H17Li3N20O13. The summed E-state index contributed by atoms with van der Waals surface area (Å²) in [6.45, 7) is 53.4. The van der Waals surface area contributed by atoms with Crippen molar-refractivity contribution in [3.8, 4) is 0 Å². The number of esters is 2. The molecule has 7 heterocycles. The van der Waals surface area contributed by atoms with Crippen molar-refractivity contribution < 1.29 is 126 Å². The molecule has 7 N–H and O–H groups in total. The summed E-state index contributed by atoms with van der Waals surface area (Å²) < 4.78 is 4.68. The number of cyclic esters (lactones) is 2. The van der Waals surface area contributed by atoms with Gasteiger partial charge in [0.15, 0.2) is 0 Å². The van der Waals surface area contributed by atoms with E-state index in [1.807, 2.05) is 0 Å². The number of aliphatic imine (C=N–C) groups is 2. The fourth-order valence-corrected chi connectivity index (χ4v) is 4.08. The molecule has 0 fully saturated rings. The van der Waals surface area contributed by atoms with Gasteiger partial charge in [0.25, 0.3) is 70.8 Å². The standard InChI is InChI=1S/C9H5N5O3.C9H3N5O2.C9H2N5O2.C5H3N5.C4H2O3.CH2O3.3Li.H/c1-10-7-8(11-2)14-9(13-7)12-5(15)3-4-6(16)17;2*1-10-7-8(11-2)13-9(12-7)14-5(15)3-4-6(14)16;1-7-3-4(8-2)10-5(6)9-3;5-3-1-2-4(6)7-3;2-1-4-3;;;;/h3-4H,(H,16,17)(H2,12,13,14,15);3-4H,(H,12,13);3-4H;(H3,6,9,10);1-2H;1,3H;;;;/q;;-1;;;;3*+1;-1/p-1/b4-3-;;;;;;;;;. The summed E-state index contributed by atoms with van der Waals surface area (Å²) in [5.74, 6) is -6.47. The van der Waals surface area contributed by atoms with Gasteiger partial charge in [0, 0.05) is 48.2 Å². The monoisotopic (exact) mass is 970 g/mol. The van der Waals surface area contributed by atoms with Gasteiger partial charge < -0.3 is 76.1 Å². The van der Waals surface area contributed by atoms with Gasteiger partial charge in [-0.1, -0.05) is 72.5 Å². The average molecular weight is 970 g/mol. The van der Waals surface area contributed by atoms with Crippen LogP contribution in [0.4, 0.5) is 52.8 Å². The van der Waals surface area contributed by atoms with Crippen LogP contribution in [0.3, 0.4) is 0 Å². The molecular weight excluding hydrogens is 953 g/mol. The van der Waals surface area contributed by atoms with Crippen molar-refractivity contribution in [1.82, 2.24) is 29.9 Å². The van der Waals surface area contributed by atoms with Crippen LogP contribution in [0.5, 0.6) is 0 Å². The number of hydrogen-bond donors (Lipinski definition) is 6. The van der Waals surface area contributed by atoms with E-state index in [-0.39, 0.29) is 135 Å². The first-order valence-electron chi connectivity index (χ1n) is 17.0. The van der Waals surface area contributed by atoms with Crippen LogP contribution < -0.4 is 88.0 Å². The van der Waals surface area contributed by atoms with E-state index in [1.165, 1.54) is 0 Å². The Labute approximate surface area is 444 Å². The Bertz CT molecular complexity index is 3130. The minimum absolute atomic E-state index is 0. The quantitative estimate of drug-likeness (QED) is 0.0132. The molecule has 3 aromatic rings. The number of nitrogens with two attached hydrogens (primary N) is 1. The van der Waals surface area contributed by atoms with Gasteiger partial charge in [0.2, 0.25) is 0 Å². The number of aromatic amines is 3. The van der Waals surface area contributed by atoms with Gasteiger partial charge in [-0.25, -0.2) is 19.0 Å². The molecule has 0 aliphatic carbocycles. The number of rotatable bonds is 5. The Morgan fingerprint density at radius 1 is 0.712 bits per heavy atom. The number of nitrogens with zero attached hydrogens (tertiary/aromatic N) is 15. The third kappa shape index (κ3) is 19.0. The molecule has 73 heavy (non-hydrogen) atoms. The van der Waals surface area contributed by atoms with Gasteiger partial charge in [0.1, 0.15) is 0 Å². The molecule has 0 saturated carbocycles. The van der Waals surface area contributed by atoms with Crippen molar-refractivity contribution in [3.63, 3.8) is 0 Å². The van der Waals surface area contributed by atoms with Gasteiger partial charge in [0.05, 0.1) is 0 Å². The number of nitrogens with one attached hydrogen (secondary N) is 4. The number of carboxylic acid groups (broad SMARTS) is 1. The SMILES string of the molecule is O=C1C=CC(=O)O1.O=CO[O-].[C-]#[N+]C1=NC(=[N+]2C([O-])=CC=C2[O-])N=C1[N+]#[C-].[C-]#[N+]c1nc(N)[nH]c1[N+]#[C-].[C-]#[N+]c1nc(N2C(=O)C=CC2=O)[nH]c1[N+]#[C-].[C-]#[N+]c1nc(NC(=O)/C=C\C(=O)O)[nH]c1[N+]#[C-].[H-].[Li+].[Li+].[Li+]. The summed E-state index contributed by atoms with van der Waals surface area (Å²) in [4.78, 5) is 125. The van der Waals surface area contributed by atoms with E-state index in [4.69, 9.17) is 73.5 Å². The third-order valence-electron chi connectivity index (χ3n) is 6.73. The molecule has 3 aromatic heterocycles. The number of aliphatic carboxylic acids is 1. The second-order valence-corrected chi connectivity index (χ2v) is 11.0. The van der Waals surface area contributed by atoms with E-state index in [0.29, 0.717) is 10.7 Å². The number of allylic oxidation sites excluding steroid dienone is 2. The van der Waals surface area contributed by atoms with Crippen molar-refractivity contribution in [2.45, 2.75) is 0 Å². The summed E-state index contributed by atoms with van der Waals surface area (Å²) in [6, 6.07) is 0. The Morgan fingerprint density at radius 3 is 1.51 bits per heavy atom. The Hall–Kier alpha value is -10.9. The number of carboxylic acids is 1. The summed E-state index contributed by atoms with van der Waals surface area (Å²) in [6.07, 6.45) is 7.97. The van der Waals surface area contributed by atoms with Crippen molar-refractivity contribution in [2.24, 2.45) is 9.98 Å². The Morgan fingerprint density at radius 2 is 1.15 bits per heavy atom. The van der Waals surface area contributed by atoms with Gasteiger partial charge >= 0.3 is 98.3 Å². The van der Waals surface area contributed by atoms with Crippen LogP contribution in [0.25, 0.3) is 38.8 Å². The maximum Gasteiger partial charge on any atom is 1.00 e. The van der Waals surface area contributed by atoms with Crippen molar-refractivity contribution in [2.75, 3.05) is 16.0 Å². The molecule has 0 bridgehead atoms. The van der Waals surface area contributed by atoms with Crippen LogP contribution in [-0.4, -0.2) is 99.3 Å². The maximum absolute atomic E-state index is 11.3. The normalized spacial score (nSPS) is 12.4. The molecule has 4 aliphatic rings. The van der Waals surface area contributed by atoms with Gasteiger partial charge in [-0.15, -0.1) is 4.99 Å². The summed E-state index contributed by atoms with van der Waals surface area (Å²) >= 11 is 0. The molecule has 36 heteroatoms. The summed E-state index contributed by atoms with van der Waals surface area (Å²) in [5.41, 5.74) is 5.18. The minimum Gasteiger partial charge on any atom is -1.00 e. The van der Waals surface area contributed by atoms with E-state index in [2.05, 4.69) is 93.6 Å². The molecule has 0 saturated heterocycles. The number of carbonyl (C=O) groups excluding carboxylic acids is 6. The first kappa shape index (κ1) is 64.2. The topological polar surface area (TPSA) is 417 Å². The fraction of sp³-hybridized carbons (Fsp3) is 0. The van der Waals surface area contributed by atoms with Crippen molar-refractivity contribution in [1.29, 1.82) is 0 Å². The zero-order valence-corrected chi connectivity index (χ0v) is 36.8. The fourth-order valence-electron chi connectivity index (χ4n) is 4.08. The maximum atomic E-state index is 11.3. The number of aromatic nitrogens is 6. The van der Waals surface area contributed by atoms with Crippen molar-refractivity contribution >= 4 is 112 Å². The predicted octanol–water partition coefficient (Wildman–Crippen LogP) is -9.27. The van der Waals surface area contributed by atoms with Crippen LogP contribution in [0.2, 0.25) is 0 Å². The average Bonchev–Trinajstić information content (AvgIpc) is 4.24. The number of ether oxygens (including phenoxy) is 1. The summed E-state index contributed by atoms with van der Waals surface area (Å²) in [7, 11) is 0. The van der Waals surface area contributed by atoms with Crippen LogP contribution in [0, 0.1) is 52.6 Å². The van der Waals surface area contributed by atoms with E-state index < -0.39 is 47.4 Å². The molecule has 4 aliphatic heterocycles. The number of nitrogen functional groups attached to an aromatic ring is 1. The number of imidazole rings is 3. The molecule has 0 radical (unpaired) electrons. The number of carbonyl (C=O) groups is 7. The van der Waals surface area contributed by atoms with Crippen LogP contribution in [0.15, 0.2) is 70.4 Å². The van der Waals surface area contributed by atoms with Gasteiger partial charge in [-0.3, -0.25) is 39.4 Å². The number of guanidine groups is 1. The van der Waals surface area contributed by atoms with Crippen LogP contribution in [-0.2, 0) is 43.2 Å². The van der Waals surface area contributed by atoms with E-state index in [9.17, 15) is 39.0 Å². The molecule has 33 nitrogen and oxygen atoms in total. The number of imide groups is 1. The second-order valence-electron chi connectivity index (χ2n) is 11.0. The molecule has 0 unspecified atom stereocenters. The number of amides is 3. The first-order valence-corrected chi connectivity index (χ1v) is 17.0. The third-order valence-corrected chi connectivity index (χ3v) is 6.73. The zero-order chi connectivity index (χ0) is 52.5. The predicted molar refractivity (Wildman–Crippen MR) is 223 cm³/mol. The molecule has 346 valence electrons. The number of amidine groups is 2. The van der Waals surface area contributed by atoms with Crippen molar-refractivity contribution in [3.05, 3.63) is 152 Å². The molecule has 0 aromatic carbocycles. The van der Waals surface area contributed by atoms with E-state index in [0.717, 1.165) is 47.4 Å². The zero-order valence-electron chi connectivity index (χ0n) is 37.8. The smallest absolute Gasteiger partial charge is 1.00 e. The minimum atomic E-state index is -1.26. The Kier molecular flexibility index (Phi) is 28.1. The van der Waals surface area contributed by atoms with E-state index in [1.54, 1.807) is 0 Å². The summed E-state index contributed by atoms with van der Waals surface area (Å²) in [5, 5.41) is 41.4. The largest absolute Gasteiger partial charge is 1.00 e. The first-order chi connectivity index (χ1) is 33.4. The van der Waals surface area contributed by atoms with E-state index >= 15 is 0 Å². The molecule has 0 spiro atoms. The number of H-pyrrole nitrogens is 3. The number of anilines is 3. The Balaban J connectivity index is -0.000000844. The van der Waals surface area contributed by atoms with Crippen LogP contribution >= 0.6 is 0 Å². The second kappa shape index (κ2) is 32.0. The van der Waals surface area contributed by atoms with Gasteiger partial charge in [-0.05, 0) is 12.2 Å². The molecule has 0 atom stereocenters. The number of hydrogen-bond acceptors (Lipinski definition) is 16. The van der Waals surface area contributed by atoms with Crippen LogP contribution in [0.1, 0.15) is 1.43 Å². The van der Waals surface area contributed by atoms with Gasteiger partial charge in [-0.2, -0.15) is 4.90 Å². The molecule has 7 rings (SSSR count). The molecule has 3 amide bonds.